The second-order valence-electron chi connectivity index (χ2n) is 5.25. The Balaban J connectivity index is 1.85. The van der Waals surface area contributed by atoms with Crippen molar-refractivity contribution in [3.63, 3.8) is 0 Å². The molecule has 0 saturated heterocycles. The molecule has 0 aromatic heterocycles. The molecule has 1 aliphatic carbocycles. The Bertz CT molecular complexity index is 554. The first-order valence-electron chi connectivity index (χ1n) is 7.03. The summed E-state index contributed by atoms with van der Waals surface area (Å²) < 4.78 is 0. The number of hydrogen-bond acceptors (Lipinski definition) is 1. The van der Waals surface area contributed by atoms with Crippen LogP contribution in [0.25, 0.3) is 11.1 Å². The van der Waals surface area contributed by atoms with Crippen LogP contribution in [0.3, 0.4) is 0 Å². The largest absolute Gasteiger partial charge is 0.299 e. The minimum Gasteiger partial charge on any atom is -0.299 e. The zero-order valence-corrected chi connectivity index (χ0v) is 11.0. The molecule has 0 bridgehead atoms. The first-order chi connectivity index (χ1) is 9.34. The van der Waals surface area contributed by atoms with E-state index in [1.54, 1.807) is 0 Å². The summed E-state index contributed by atoms with van der Waals surface area (Å²) in [4.78, 5) is 11.9. The molecule has 0 aliphatic heterocycles. The van der Waals surface area contributed by atoms with Crippen LogP contribution >= 0.6 is 0 Å². The molecule has 0 heterocycles. The third kappa shape index (κ3) is 2.60. The summed E-state index contributed by atoms with van der Waals surface area (Å²) in [5.74, 6) is 0.553. The number of Topliss-reactive ketones (excluding diaryl/α,β-unsaturated/α-hetero) is 1. The number of rotatable bonds is 2. The van der Waals surface area contributed by atoms with Gasteiger partial charge in [-0.3, -0.25) is 4.79 Å². The normalized spacial score (nSPS) is 19.4. The van der Waals surface area contributed by atoms with Gasteiger partial charge in [0, 0.05) is 12.3 Å². The minimum absolute atomic E-state index is 0.138. The number of hydrogen-bond donors (Lipinski definition) is 0. The molecule has 1 fully saturated rings. The van der Waals surface area contributed by atoms with Crippen LogP contribution in [-0.2, 0) is 4.79 Å². The molecule has 1 saturated carbocycles. The number of benzene rings is 2. The summed E-state index contributed by atoms with van der Waals surface area (Å²) in [7, 11) is 0. The summed E-state index contributed by atoms with van der Waals surface area (Å²) in [6.07, 6.45) is 4.02. The maximum atomic E-state index is 11.9. The zero-order chi connectivity index (χ0) is 13.1. The highest BCUT2D eigenvalue weighted by atomic mass is 16.1. The molecule has 1 heteroatoms. The summed E-state index contributed by atoms with van der Waals surface area (Å²) in [6.45, 7) is 0. The van der Waals surface area contributed by atoms with Gasteiger partial charge in [-0.05, 0) is 29.5 Å². The van der Waals surface area contributed by atoms with E-state index in [1.807, 2.05) is 18.2 Å². The van der Waals surface area contributed by atoms with Crippen molar-refractivity contribution in [1.29, 1.82) is 0 Å². The van der Waals surface area contributed by atoms with Gasteiger partial charge in [-0.25, -0.2) is 0 Å². The predicted molar refractivity (Wildman–Crippen MR) is 78.1 cm³/mol. The first-order valence-corrected chi connectivity index (χ1v) is 7.03. The van der Waals surface area contributed by atoms with Crippen molar-refractivity contribution in [2.75, 3.05) is 0 Å². The monoisotopic (exact) mass is 250 g/mol. The van der Waals surface area contributed by atoms with Crippen LogP contribution in [-0.4, -0.2) is 5.78 Å². The van der Waals surface area contributed by atoms with Crippen molar-refractivity contribution in [1.82, 2.24) is 0 Å². The average molecular weight is 250 g/mol. The smallest absolute Gasteiger partial charge is 0.140 e. The molecule has 2 aromatic rings. The van der Waals surface area contributed by atoms with Gasteiger partial charge in [-0.15, -0.1) is 0 Å². The molecule has 1 nitrogen and oxygen atoms in total. The molecule has 0 N–H and O–H groups in total. The molecule has 0 amide bonds. The minimum atomic E-state index is 0.138. The second-order valence-corrected chi connectivity index (χ2v) is 5.25. The lowest BCUT2D eigenvalue weighted by atomic mass is 9.82. The molecule has 1 unspecified atom stereocenters. The highest BCUT2D eigenvalue weighted by Crippen LogP contribution is 2.31. The number of carbonyl (C=O) groups is 1. The second kappa shape index (κ2) is 5.40. The lowest BCUT2D eigenvalue weighted by molar-refractivity contribution is -0.121. The van der Waals surface area contributed by atoms with Gasteiger partial charge in [-0.2, -0.15) is 0 Å². The van der Waals surface area contributed by atoms with E-state index in [9.17, 15) is 4.79 Å². The van der Waals surface area contributed by atoms with E-state index in [0.717, 1.165) is 19.3 Å². The molecule has 2 aromatic carbocycles. The highest BCUT2D eigenvalue weighted by molar-refractivity contribution is 5.86. The summed E-state index contributed by atoms with van der Waals surface area (Å²) in [6, 6.07) is 18.9. The fourth-order valence-electron chi connectivity index (χ4n) is 2.87. The van der Waals surface area contributed by atoms with Gasteiger partial charge >= 0.3 is 0 Å². The standard InChI is InChI=1S/C18H18O/c19-18-9-5-4-8-17(18)16-12-10-15(11-13-16)14-6-2-1-3-7-14/h1-3,6-7,10-13,17H,4-5,8-9H2. The van der Waals surface area contributed by atoms with Crippen molar-refractivity contribution in [3.8, 4) is 11.1 Å². The molecule has 0 radical (unpaired) electrons. The fourth-order valence-corrected chi connectivity index (χ4v) is 2.87. The van der Waals surface area contributed by atoms with Gasteiger partial charge in [0.25, 0.3) is 0 Å². The van der Waals surface area contributed by atoms with Gasteiger partial charge in [0.05, 0.1) is 0 Å². The lowest BCUT2D eigenvalue weighted by Crippen LogP contribution is -2.16. The molecule has 1 aliphatic rings. The summed E-state index contributed by atoms with van der Waals surface area (Å²) in [5, 5.41) is 0. The van der Waals surface area contributed by atoms with Gasteiger partial charge in [0.1, 0.15) is 5.78 Å². The zero-order valence-electron chi connectivity index (χ0n) is 11.0. The molecule has 19 heavy (non-hydrogen) atoms. The van der Waals surface area contributed by atoms with Crippen LogP contribution in [0.4, 0.5) is 0 Å². The van der Waals surface area contributed by atoms with Crippen molar-refractivity contribution in [2.45, 2.75) is 31.6 Å². The van der Waals surface area contributed by atoms with Crippen molar-refractivity contribution in [2.24, 2.45) is 0 Å². The van der Waals surface area contributed by atoms with Crippen LogP contribution in [0.1, 0.15) is 37.2 Å². The maximum Gasteiger partial charge on any atom is 0.140 e. The third-order valence-corrected chi connectivity index (χ3v) is 3.97. The first kappa shape index (κ1) is 12.2. The topological polar surface area (TPSA) is 17.1 Å². The Kier molecular flexibility index (Phi) is 3.45. The van der Waals surface area contributed by atoms with Gasteiger partial charge in [0.2, 0.25) is 0 Å². The van der Waals surface area contributed by atoms with E-state index >= 15 is 0 Å². The van der Waals surface area contributed by atoms with Crippen LogP contribution in [0, 0.1) is 0 Å². The Morgan fingerprint density at radius 3 is 2.16 bits per heavy atom. The Labute approximate surface area is 114 Å². The van der Waals surface area contributed by atoms with Crippen LogP contribution in [0.15, 0.2) is 54.6 Å². The quantitative estimate of drug-likeness (QED) is 0.762. The Hall–Kier alpha value is -1.89. The summed E-state index contributed by atoms with van der Waals surface area (Å²) >= 11 is 0. The maximum absolute atomic E-state index is 11.9. The van der Waals surface area contributed by atoms with Crippen LogP contribution in [0.2, 0.25) is 0 Å². The Morgan fingerprint density at radius 1 is 0.789 bits per heavy atom. The fraction of sp³-hybridized carbons (Fsp3) is 0.278. The van der Waals surface area contributed by atoms with E-state index < -0.39 is 0 Å². The molecule has 96 valence electrons. The van der Waals surface area contributed by atoms with Crippen molar-refractivity contribution < 1.29 is 4.79 Å². The SMILES string of the molecule is O=C1CCCCC1c1ccc(-c2ccccc2)cc1. The van der Waals surface area contributed by atoms with Crippen molar-refractivity contribution in [3.05, 3.63) is 60.2 Å². The summed E-state index contributed by atoms with van der Waals surface area (Å²) in [5.41, 5.74) is 3.63. The molecular weight excluding hydrogens is 232 g/mol. The van der Waals surface area contributed by atoms with Crippen LogP contribution < -0.4 is 0 Å². The molecule has 3 rings (SSSR count). The highest BCUT2D eigenvalue weighted by Gasteiger charge is 2.23. The average Bonchev–Trinajstić information content (AvgIpc) is 2.49. The van der Waals surface area contributed by atoms with Gasteiger partial charge in [0.15, 0.2) is 0 Å². The van der Waals surface area contributed by atoms with E-state index in [0.29, 0.717) is 5.78 Å². The third-order valence-electron chi connectivity index (χ3n) is 3.97. The lowest BCUT2D eigenvalue weighted by Gasteiger charge is -2.20. The van der Waals surface area contributed by atoms with Crippen LogP contribution in [0.5, 0.6) is 0 Å². The van der Waals surface area contributed by atoms with Gasteiger partial charge < -0.3 is 0 Å². The number of carbonyl (C=O) groups excluding carboxylic acids is 1. The van der Waals surface area contributed by atoms with E-state index in [1.165, 1.54) is 23.1 Å². The Morgan fingerprint density at radius 2 is 1.47 bits per heavy atom. The van der Waals surface area contributed by atoms with E-state index in [2.05, 4.69) is 36.4 Å². The predicted octanol–water partition coefficient (Wildman–Crippen LogP) is 4.58. The molecular formula is C18H18O. The van der Waals surface area contributed by atoms with Crippen molar-refractivity contribution >= 4 is 5.78 Å². The molecule has 0 spiro atoms. The molecule has 1 atom stereocenters. The van der Waals surface area contributed by atoms with E-state index in [4.69, 9.17) is 0 Å². The number of ketones is 1. The van der Waals surface area contributed by atoms with E-state index in [-0.39, 0.29) is 5.92 Å². The van der Waals surface area contributed by atoms with Gasteiger partial charge in [-0.1, -0.05) is 61.0 Å².